The number of hydrogen-bond donors (Lipinski definition) is 3. The summed E-state index contributed by atoms with van der Waals surface area (Å²) in [4.78, 5) is 23.9. The number of sulfonamides is 1. The molecule has 0 radical (unpaired) electrons. The van der Waals surface area contributed by atoms with Gasteiger partial charge in [-0.2, -0.15) is 4.31 Å². The molecule has 138 valence electrons. The van der Waals surface area contributed by atoms with Crippen molar-refractivity contribution in [3.63, 3.8) is 0 Å². The van der Waals surface area contributed by atoms with Gasteiger partial charge in [0, 0.05) is 6.54 Å². The van der Waals surface area contributed by atoms with Crippen LogP contribution in [0.4, 0.5) is 9.18 Å². The van der Waals surface area contributed by atoms with Crippen LogP contribution >= 0.6 is 0 Å². The number of benzene rings is 1. The van der Waals surface area contributed by atoms with E-state index in [-0.39, 0.29) is 24.5 Å². The second-order valence-electron chi connectivity index (χ2n) is 5.70. The Morgan fingerprint density at radius 1 is 1.28 bits per heavy atom. The highest BCUT2D eigenvalue weighted by Gasteiger charge is 2.31. The van der Waals surface area contributed by atoms with Gasteiger partial charge in [0.15, 0.2) is 6.54 Å². The average Bonchev–Trinajstić information content (AvgIpc) is 2.55. The van der Waals surface area contributed by atoms with Crippen LogP contribution in [0, 0.1) is 5.82 Å². The molecular weight excluding hydrogens is 351 g/mol. The Labute approximate surface area is 146 Å². The van der Waals surface area contributed by atoms with Crippen molar-refractivity contribution in [3.8, 4) is 0 Å². The van der Waals surface area contributed by atoms with Crippen molar-refractivity contribution in [1.82, 2.24) is 14.9 Å². The molecule has 1 aliphatic heterocycles. The standard InChI is InChI=1S/C15H21FN4O4S/c1-2-17-15(22)18-14(21)11-19-6-8-20(9-7-19)25(23,24)13-5-3-4-12(16)10-13/h3-5,10H,2,6-9,11H2,1H3,(H2,17,18,21,22)/p+1. The lowest BCUT2D eigenvalue weighted by Crippen LogP contribution is -3.15. The second-order valence-corrected chi connectivity index (χ2v) is 7.63. The molecule has 0 unspecified atom stereocenters. The van der Waals surface area contributed by atoms with E-state index in [1.807, 2.05) is 0 Å². The summed E-state index contributed by atoms with van der Waals surface area (Å²) in [6.07, 6.45) is 0. The summed E-state index contributed by atoms with van der Waals surface area (Å²) >= 11 is 0. The first-order chi connectivity index (χ1) is 11.8. The predicted molar refractivity (Wildman–Crippen MR) is 87.9 cm³/mol. The Kier molecular flexibility index (Phi) is 6.45. The van der Waals surface area contributed by atoms with Crippen LogP contribution in [0.15, 0.2) is 29.2 Å². The van der Waals surface area contributed by atoms with Crippen LogP contribution < -0.4 is 15.5 Å². The van der Waals surface area contributed by atoms with Crippen LogP contribution in [0.1, 0.15) is 6.92 Å². The smallest absolute Gasteiger partial charge is 0.321 e. The molecule has 0 spiro atoms. The maximum absolute atomic E-state index is 13.3. The summed E-state index contributed by atoms with van der Waals surface area (Å²) in [6, 6.07) is 4.36. The zero-order valence-corrected chi connectivity index (χ0v) is 14.7. The van der Waals surface area contributed by atoms with E-state index in [1.54, 1.807) is 6.92 Å². The van der Waals surface area contributed by atoms with Crippen molar-refractivity contribution in [2.45, 2.75) is 11.8 Å². The molecule has 0 aromatic heterocycles. The Morgan fingerprint density at radius 2 is 1.96 bits per heavy atom. The zero-order chi connectivity index (χ0) is 18.4. The van der Waals surface area contributed by atoms with Crippen molar-refractivity contribution >= 4 is 22.0 Å². The van der Waals surface area contributed by atoms with E-state index in [9.17, 15) is 22.4 Å². The van der Waals surface area contributed by atoms with Gasteiger partial charge in [-0.3, -0.25) is 10.1 Å². The van der Waals surface area contributed by atoms with Crippen LogP contribution in [0.5, 0.6) is 0 Å². The molecule has 1 aliphatic rings. The lowest BCUT2D eigenvalue weighted by molar-refractivity contribution is -0.895. The van der Waals surface area contributed by atoms with Crippen LogP contribution in [0.3, 0.4) is 0 Å². The van der Waals surface area contributed by atoms with Gasteiger partial charge >= 0.3 is 6.03 Å². The number of amides is 3. The van der Waals surface area contributed by atoms with Gasteiger partial charge in [-0.05, 0) is 25.1 Å². The van der Waals surface area contributed by atoms with E-state index in [1.165, 1.54) is 22.5 Å². The van der Waals surface area contributed by atoms with E-state index in [4.69, 9.17) is 0 Å². The number of piperazine rings is 1. The van der Waals surface area contributed by atoms with Crippen LogP contribution in [-0.2, 0) is 14.8 Å². The van der Waals surface area contributed by atoms with Crippen LogP contribution in [-0.4, -0.2) is 63.9 Å². The molecule has 1 saturated heterocycles. The van der Waals surface area contributed by atoms with Gasteiger partial charge in [-0.1, -0.05) is 6.07 Å². The topological polar surface area (TPSA) is 100 Å². The number of nitrogens with zero attached hydrogens (tertiary/aromatic N) is 1. The number of nitrogens with one attached hydrogen (secondary N) is 3. The number of rotatable bonds is 5. The number of carbonyl (C=O) groups excluding carboxylic acids is 2. The lowest BCUT2D eigenvalue weighted by Gasteiger charge is -2.31. The van der Waals surface area contributed by atoms with Crippen molar-refractivity contribution in [3.05, 3.63) is 30.1 Å². The van der Waals surface area contributed by atoms with Crippen molar-refractivity contribution in [2.24, 2.45) is 0 Å². The number of halogens is 1. The minimum absolute atomic E-state index is 0.0788. The van der Waals surface area contributed by atoms with E-state index in [0.717, 1.165) is 11.0 Å². The van der Waals surface area contributed by atoms with Crippen molar-refractivity contribution < 1.29 is 27.3 Å². The number of hydrogen-bond acceptors (Lipinski definition) is 4. The van der Waals surface area contributed by atoms with Gasteiger partial charge in [-0.25, -0.2) is 17.6 Å². The fraction of sp³-hybridized carbons (Fsp3) is 0.467. The molecule has 25 heavy (non-hydrogen) atoms. The highest BCUT2D eigenvalue weighted by Crippen LogP contribution is 2.16. The SMILES string of the molecule is CCNC(=O)NC(=O)C[NH+]1CCN(S(=O)(=O)c2cccc(F)c2)CC1. The molecule has 10 heteroatoms. The molecule has 1 aromatic carbocycles. The molecule has 2 rings (SSSR count). The first kappa shape index (κ1) is 19.3. The quantitative estimate of drug-likeness (QED) is 0.589. The highest BCUT2D eigenvalue weighted by atomic mass is 32.2. The molecule has 0 bridgehead atoms. The van der Waals surface area contributed by atoms with Crippen molar-refractivity contribution in [2.75, 3.05) is 39.3 Å². The van der Waals surface area contributed by atoms with E-state index in [2.05, 4.69) is 10.6 Å². The summed E-state index contributed by atoms with van der Waals surface area (Å²) in [6.45, 7) is 3.56. The van der Waals surface area contributed by atoms with E-state index < -0.39 is 27.8 Å². The fourth-order valence-electron chi connectivity index (χ4n) is 2.60. The molecule has 0 aliphatic carbocycles. The Balaban J connectivity index is 1.89. The molecule has 3 N–H and O–H groups in total. The number of carbonyl (C=O) groups is 2. The third-order valence-corrected chi connectivity index (χ3v) is 5.76. The molecule has 0 saturated carbocycles. The zero-order valence-electron chi connectivity index (χ0n) is 13.9. The van der Waals surface area contributed by atoms with Gasteiger partial charge in [-0.15, -0.1) is 0 Å². The maximum atomic E-state index is 13.3. The number of urea groups is 1. The van der Waals surface area contributed by atoms with Crippen LogP contribution in [0.25, 0.3) is 0 Å². The fourth-order valence-corrected chi connectivity index (χ4v) is 4.07. The molecule has 1 aromatic rings. The lowest BCUT2D eigenvalue weighted by atomic mass is 10.3. The Morgan fingerprint density at radius 3 is 2.56 bits per heavy atom. The van der Waals surface area contributed by atoms with Gasteiger partial charge in [0.05, 0.1) is 31.1 Å². The third kappa shape index (κ3) is 5.21. The molecule has 0 atom stereocenters. The minimum atomic E-state index is -3.75. The van der Waals surface area contributed by atoms with Gasteiger partial charge in [0.25, 0.3) is 5.91 Å². The Hall–Kier alpha value is -2.04. The summed E-state index contributed by atoms with van der Waals surface area (Å²) in [5, 5.41) is 4.68. The molecule has 3 amide bonds. The summed E-state index contributed by atoms with van der Waals surface area (Å²) < 4.78 is 39.6. The van der Waals surface area contributed by atoms with Gasteiger partial charge in [0.2, 0.25) is 10.0 Å². The Bertz CT molecular complexity index is 733. The molecule has 8 nitrogen and oxygen atoms in total. The van der Waals surface area contributed by atoms with E-state index in [0.29, 0.717) is 19.6 Å². The van der Waals surface area contributed by atoms with Crippen molar-refractivity contribution in [1.29, 1.82) is 0 Å². The predicted octanol–water partition coefficient (Wildman–Crippen LogP) is -1.44. The number of imide groups is 1. The normalized spacial score (nSPS) is 16.4. The number of quaternary nitrogens is 1. The van der Waals surface area contributed by atoms with Gasteiger partial charge in [0.1, 0.15) is 5.82 Å². The average molecular weight is 373 g/mol. The van der Waals surface area contributed by atoms with Crippen LogP contribution in [0.2, 0.25) is 0 Å². The minimum Gasteiger partial charge on any atom is -0.338 e. The molecule has 1 heterocycles. The summed E-state index contributed by atoms with van der Waals surface area (Å²) in [5.74, 6) is -1.02. The first-order valence-corrected chi connectivity index (χ1v) is 9.44. The van der Waals surface area contributed by atoms with Gasteiger partial charge < -0.3 is 10.2 Å². The highest BCUT2D eigenvalue weighted by molar-refractivity contribution is 7.89. The monoisotopic (exact) mass is 373 g/mol. The molecular formula is C15H22FN4O4S+. The third-order valence-electron chi connectivity index (χ3n) is 3.86. The largest absolute Gasteiger partial charge is 0.338 e. The first-order valence-electron chi connectivity index (χ1n) is 8.00. The molecule has 1 fully saturated rings. The summed E-state index contributed by atoms with van der Waals surface area (Å²) in [7, 11) is -3.75. The van der Waals surface area contributed by atoms with E-state index >= 15 is 0 Å². The second kappa shape index (κ2) is 8.37. The summed E-state index contributed by atoms with van der Waals surface area (Å²) in [5.41, 5.74) is 0. The maximum Gasteiger partial charge on any atom is 0.321 e.